The first kappa shape index (κ1) is 31.5. The SMILES string of the molecule is CCCCCCCCCCCCCCCCCCN[N+](C)(CCC)[Si](O)(O)O.[Cl-]. The number of hydrogen-bond acceptors (Lipinski definition) is 4. The van der Waals surface area contributed by atoms with Gasteiger partial charge in [0.1, 0.15) is 0 Å². The lowest BCUT2D eigenvalue weighted by atomic mass is 10.0. The molecule has 4 N–H and O–H groups in total. The molecule has 0 aromatic heterocycles. The van der Waals surface area contributed by atoms with E-state index in [9.17, 15) is 14.4 Å². The van der Waals surface area contributed by atoms with Gasteiger partial charge in [-0.2, -0.15) is 5.43 Å². The van der Waals surface area contributed by atoms with E-state index in [4.69, 9.17) is 0 Å². The number of hydrogen-bond donors (Lipinski definition) is 4. The fourth-order valence-corrected chi connectivity index (χ4v) is 4.63. The van der Waals surface area contributed by atoms with Crippen molar-refractivity contribution in [3.8, 4) is 0 Å². The van der Waals surface area contributed by atoms with E-state index >= 15 is 0 Å². The lowest BCUT2D eigenvalue weighted by molar-refractivity contribution is -0.883. The van der Waals surface area contributed by atoms with E-state index < -0.39 is 8.97 Å². The van der Waals surface area contributed by atoms with Gasteiger partial charge in [-0.1, -0.05) is 110 Å². The Morgan fingerprint density at radius 3 is 1.24 bits per heavy atom. The normalized spacial score (nSPS) is 13.9. The van der Waals surface area contributed by atoms with Crippen LogP contribution in [-0.4, -0.2) is 47.7 Å². The molecule has 5 nitrogen and oxygen atoms in total. The standard InChI is InChI=1S/C22H51N2O3Si.ClH/c1-4-6-7-8-9-10-11-12-13-14-15-16-17-18-19-20-21-23-24(3,22-5-2)28(25,26)27;/h23,25-27H,4-22H2,1-3H3;1H/q+1;/p-1. The molecule has 0 bridgehead atoms. The fourth-order valence-electron chi connectivity index (χ4n) is 3.78. The van der Waals surface area contributed by atoms with Crippen LogP contribution in [0.3, 0.4) is 0 Å². The van der Waals surface area contributed by atoms with Crippen LogP contribution in [0.1, 0.15) is 123 Å². The summed E-state index contributed by atoms with van der Waals surface area (Å²) in [5.41, 5.74) is 3.14. The van der Waals surface area contributed by atoms with Crippen LogP contribution in [0, 0.1) is 0 Å². The van der Waals surface area contributed by atoms with Crippen LogP contribution >= 0.6 is 0 Å². The molecular formula is C22H51ClN2O3Si. The minimum atomic E-state index is -4.22. The highest BCUT2D eigenvalue weighted by Gasteiger charge is 2.55. The number of nitrogens with one attached hydrogen (secondary N) is 1. The summed E-state index contributed by atoms with van der Waals surface area (Å²) in [5.74, 6) is 0. The molecule has 0 radical (unpaired) electrons. The Morgan fingerprint density at radius 2 is 0.931 bits per heavy atom. The second-order valence-corrected chi connectivity index (χ2v) is 10.9. The molecule has 0 spiro atoms. The van der Waals surface area contributed by atoms with E-state index in [-0.39, 0.29) is 16.7 Å². The third-order valence-electron chi connectivity index (χ3n) is 5.82. The van der Waals surface area contributed by atoms with Crippen LogP contribution in [0.4, 0.5) is 0 Å². The van der Waals surface area contributed by atoms with Crippen LogP contribution in [0.2, 0.25) is 0 Å². The number of unbranched alkanes of at least 4 members (excludes halogenated alkanes) is 15. The van der Waals surface area contributed by atoms with E-state index in [1.54, 1.807) is 7.05 Å². The maximum Gasteiger partial charge on any atom is 0.795 e. The van der Waals surface area contributed by atoms with Gasteiger partial charge in [0, 0.05) is 6.54 Å². The molecule has 0 saturated heterocycles. The van der Waals surface area contributed by atoms with Gasteiger partial charge in [-0.05, 0) is 12.8 Å². The van der Waals surface area contributed by atoms with Crippen molar-refractivity contribution in [1.29, 1.82) is 0 Å². The van der Waals surface area contributed by atoms with Crippen molar-refractivity contribution in [3.63, 3.8) is 0 Å². The smallest absolute Gasteiger partial charge is 0.795 e. The molecule has 0 heterocycles. The summed E-state index contributed by atoms with van der Waals surface area (Å²) in [4.78, 5) is 29.0. The number of quaternary nitrogens is 1. The van der Waals surface area contributed by atoms with Crippen LogP contribution < -0.4 is 17.8 Å². The Bertz CT molecular complexity index is 347. The van der Waals surface area contributed by atoms with Crippen molar-refractivity contribution in [1.82, 2.24) is 5.43 Å². The maximum absolute atomic E-state index is 9.66. The highest BCUT2D eigenvalue weighted by atomic mass is 35.5. The van der Waals surface area contributed by atoms with Gasteiger partial charge < -0.3 is 26.8 Å². The molecule has 1 unspecified atom stereocenters. The molecule has 0 aliphatic carbocycles. The van der Waals surface area contributed by atoms with Gasteiger partial charge in [-0.15, -0.1) is 0 Å². The van der Waals surface area contributed by atoms with Gasteiger partial charge >= 0.3 is 8.97 Å². The summed E-state index contributed by atoms with van der Waals surface area (Å²) in [6, 6.07) is 0. The van der Waals surface area contributed by atoms with Crippen LogP contribution in [0.25, 0.3) is 0 Å². The van der Waals surface area contributed by atoms with Gasteiger partial charge in [0.05, 0.1) is 13.6 Å². The minimum absolute atomic E-state index is 0. The molecule has 0 rings (SSSR count). The lowest BCUT2D eigenvalue weighted by Crippen LogP contribution is -3.00. The predicted molar refractivity (Wildman–Crippen MR) is 121 cm³/mol. The first-order valence-electron chi connectivity index (χ1n) is 12.1. The Morgan fingerprint density at radius 1 is 0.586 bits per heavy atom. The van der Waals surface area contributed by atoms with Crippen LogP contribution in [0.15, 0.2) is 0 Å². The largest absolute Gasteiger partial charge is 1.00 e. The van der Waals surface area contributed by atoms with E-state index in [1.165, 1.54) is 89.9 Å². The highest BCUT2D eigenvalue weighted by Crippen LogP contribution is 2.14. The molecule has 0 amide bonds. The average Bonchev–Trinajstić information content (AvgIpc) is 2.63. The number of rotatable bonds is 21. The molecule has 178 valence electrons. The fraction of sp³-hybridized carbons (Fsp3) is 1.00. The molecule has 0 aromatic carbocycles. The molecule has 0 aliphatic rings. The molecular weight excluding hydrogens is 404 g/mol. The Hall–Kier alpha value is 0.307. The molecule has 1 atom stereocenters. The molecule has 7 heteroatoms. The predicted octanol–water partition coefficient (Wildman–Crippen LogP) is 2.03. The second-order valence-electron chi connectivity index (χ2n) is 8.73. The molecule has 29 heavy (non-hydrogen) atoms. The minimum Gasteiger partial charge on any atom is -1.00 e. The van der Waals surface area contributed by atoms with Crippen molar-refractivity contribution < 1.29 is 31.1 Å². The second kappa shape index (κ2) is 20.2. The quantitative estimate of drug-likeness (QED) is 0.122. The summed E-state index contributed by atoms with van der Waals surface area (Å²) in [5, 5.41) is 0. The molecule has 0 aliphatic heterocycles. The van der Waals surface area contributed by atoms with Crippen LogP contribution in [-0.2, 0) is 0 Å². The van der Waals surface area contributed by atoms with Gasteiger partial charge in [0.25, 0.3) is 0 Å². The van der Waals surface area contributed by atoms with Crippen molar-refractivity contribution in [2.45, 2.75) is 123 Å². The van der Waals surface area contributed by atoms with Gasteiger partial charge in [0.2, 0.25) is 0 Å². The van der Waals surface area contributed by atoms with Crippen molar-refractivity contribution in [2.24, 2.45) is 0 Å². The maximum atomic E-state index is 9.66. The van der Waals surface area contributed by atoms with Crippen molar-refractivity contribution in [3.05, 3.63) is 0 Å². The van der Waals surface area contributed by atoms with Gasteiger partial charge in [-0.25, -0.2) is 4.26 Å². The van der Waals surface area contributed by atoms with E-state index in [0.717, 1.165) is 19.3 Å². The van der Waals surface area contributed by atoms with Gasteiger partial charge in [0.15, 0.2) is 0 Å². The highest BCUT2D eigenvalue weighted by molar-refractivity contribution is 6.47. The van der Waals surface area contributed by atoms with E-state index in [2.05, 4.69) is 12.3 Å². The Kier molecular flexibility index (Phi) is 22.0. The summed E-state index contributed by atoms with van der Waals surface area (Å²) < 4.78 is -0.206. The third-order valence-corrected chi connectivity index (χ3v) is 7.53. The third kappa shape index (κ3) is 17.7. The Balaban J connectivity index is 0. The monoisotopic (exact) mass is 454 g/mol. The molecule has 0 aromatic rings. The number of halogens is 1. The summed E-state index contributed by atoms with van der Waals surface area (Å²) in [6.45, 7) is 5.49. The molecule has 0 saturated carbocycles. The number of nitrogens with zero attached hydrogens (tertiary/aromatic N) is 1. The zero-order valence-electron chi connectivity index (χ0n) is 19.6. The first-order chi connectivity index (χ1) is 13.4. The topological polar surface area (TPSA) is 72.7 Å². The molecule has 0 fully saturated rings. The lowest BCUT2D eigenvalue weighted by Gasteiger charge is -2.37. The van der Waals surface area contributed by atoms with Crippen LogP contribution in [0.5, 0.6) is 0 Å². The zero-order chi connectivity index (χ0) is 21.1. The summed E-state index contributed by atoms with van der Waals surface area (Å²) in [6.07, 6.45) is 22.3. The first-order valence-corrected chi connectivity index (χ1v) is 13.9. The average molecular weight is 455 g/mol. The van der Waals surface area contributed by atoms with Gasteiger partial charge in [-0.3, -0.25) is 0 Å². The summed E-state index contributed by atoms with van der Waals surface area (Å²) >= 11 is 0. The van der Waals surface area contributed by atoms with E-state index in [0.29, 0.717) is 13.1 Å². The van der Waals surface area contributed by atoms with Crippen molar-refractivity contribution in [2.75, 3.05) is 20.1 Å². The van der Waals surface area contributed by atoms with Crippen molar-refractivity contribution >= 4 is 8.97 Å². The zero-order valence-corrected chi connectivity index (χ0v) is 21.4. The van der Waals surface area contributed by atoms with E-state index in [1.807, 2.05) is 6.92 Å². The summed E-state index contributed by atoms with van der Waals surface area (Å²) in [7, 11) is -2.55. The Labute approximate surface area is 188 Å².